The van der Waals surface area contributed by atoms with Gasteiger partial charge in [0.15, 0.2) is 11.5 Å². The molecule has 0 aliphatic carbocycles. The Bertz CT molecular complexity index is 1580. The van der Waals surface area contributed by atoms with Gasteiger partial charge in [-0.15, -0.1) is 0 Å². The summed E-state index contributed by atoms with van der Waals surface area (Å²) in [7, 11) is -3.94. The maximum atomic E-state index is 15.1. The first-order valence-corrected chi connectivity index (χ1v) is 12.1. The summed E-state index contributed by atoms with van der Waals surface area (Å²) in [5.41, 5.74) is -2.61. The smallest absolute Gasteiger partial charge is 0.287 e. The average Bonchev–Trinajstić information content (AvgIpc) is 3.24. The van der Waals surface area contributed by atoms with Crippen LogP contribution >= 0.6 is 0 Å². The van der Waals surface area contributed by atoms with E-state index in [-0.39, 0.29) is 34.3 Å². The monoisotopic (exact) mass is 524 g/mol. The van der Waals surface area contributed by atoms with E-state index in [0.29, 0.717) is 0 Å². The number of carbonyl (C=O) groups is 1. The van der Waals surface area contributed by atoms with Crippen LogP contribution in [0.5, 0.6) is 0 Å². The molecule has 0 saturated heterocycles. The molecule has 2 heterocycles. The van der Waals surface area contributed by atoms with Gasteiger partial charge in [-0.05, 0) is 42.3 Å². The molecule has 0 atom stereocenters. The van der Waals surface area contributed by atoms with E-state index in [1.54, 1.807) is 6.92 Å². The lowest BCUT2D eigenvalue weighted by molar-refractivity contribution is -0.137. The van der Waals surface area contributed by atoms with Crippen molar-refractivity contribution in [3.8, 4) is 11.1 Å². The van der Waals surface area contributed by atoms with Gasteiger partial charge in [-0.3, -0.25) is 14.6 Å². The normalized spacial score (nSPS) is 12.2. The van der Waals surface area contributed by atoms with E-state index in [1.807, 2.05) is 4.72 Å². The number of pyridine rings is 1. The first kappa shape index (κ1) is 25.2. The number of anilines is 1. The summed E-state index contributed by atoms with van der Waals surface area (Å²) in [6.07, 6.45) is -3.08. The molecule has 2 aromatic carbocycles. The number of alkyl halides is 3. The maximum absolute atomic E-state index is 15.1. The largest absolute Gasteiger partial charge is 0.416 e. The van der Waals surface area contributed by atoms with Crippen LogP contribution in [0.3, 0.4) is 0 Å². The molecule has 2 N–H and O–H groups in total. The molecule has 4 rings (SSSR count). The summed E-state index contributed by atoms with van der Waals surface area (Å²) in [5, 5.41) is 6.24. The van der Waals surface area contributed by atoms with Gasteiger partial charge in [0.1, 0.15) is 11.5 Å². The number of carbonyl (C=O) groups excluding carboxylic acids is 1. The molecule has 0 aliphatic heterocycles. The molecular formula is C23H17F5N4O3S. The Hall–Kier alpha value is -3.87. The van der Waals surface area contributed by atoms with Crippen LogP contribution in [0, 0.1) is 11.6 Å². The van der Waals surface area contributed by atoms with Crippen molar-refractivity contribution in [2.24, 2.45) is 0 Å². The Morgan fingerprint density at radius 2 is 1.83 bits per heavy atom. The second kappa shape index (κ2) is 9.30. The number of ketones is 1. The van der Waals surface area contributed by atoms with Gasteiger partial charge < -0.3 is 0 Å². The lowest BCUT2D eigenvalue weighted by Crippen LogP contribution is -2.18. The van der Waals surface area contributed by atoms with Gasteiger partial charge in [-0.25, -0.2) is 22.2 Å². The Morgan fingerprint density at radius 1 is 1.08 bits per heavy atom. The van der Waals surface area contributed by atoms with Crippen molar-refractivity contribution in [1.82, 2.24) is 15.2 Å². The van der Waals surface area contributed by atoms with Crippen LogP contribution in [0.2, 0.25) is 0 Å². The third kappa shape index (κ3) is 4.91. The van der Waals surface area contributed by atoms with Crippen molar-refractivity contribution in [1.29, 1.82) is 0 Å². The number of halogens is 5. The van der Waals surface area contributed by atoms with Crippen molar-refractivity contribution in [3.05, 3.63) is 77.1 Å². The molecule has 36 heavy (non-hydrogen) atoms. The molecule has 0 radical (unpaired) electrons. The van der Waals surface area contributed by atoms with E-state index in [1.165, 1.54) is 24.4 Å². The van der Waals surface area contributed by atoms with Crippen LogP contribution in [0.4, 0.5) is 27.6 Å². The van der Waals surface area contributed by atoms with E-state index >= 15 is 4.39 Å². The summed E-state index contributed by atoms with van der Waals surface area (Å²) < 4.78 is 95.0. The predicted octanol–water partition coefficient (Wildman–Crippen LogP) is 5.30. The molecule has 0 amide bonds. The maximum Gasteiger partial charge on any atom is 0.416 e. The van der Waals surface area contributed by atoms with Crippen LogP contribution in [-0.2, 0) is 16.2 Å². The molecule has 188 valence electrons. The van der Waals surface area contributed by atoms with Crippen LogP contribution in [-0.4, -0.2) is 35.1 Å². The topological polar surface area (TPSA) is 105 Å². The molecular weight excluding hydrogens is 507 g/mol. The fourth-order valence-corrected chi connectivity index (χ4v) is 4.69. The molecule has 0 fully saturated rings. The number of rotatable bonds is 7. The third-order valence-corrected chi connectivity index (χ3v) is 6.69. The number of hydrogen-bond acceptors (Lipinski definition) is 5. The number of H-pyrrole nitrogens is 1. The van der Waals surface area contributed by atoms with Crippen molar-refractivity contribution in [3.63, 3.8) is 0 Å². The zero-order chi connectivity index (χ0) is 26.3. The average molecular weight is 524 g/mol. The van der Waals surface area contributed by atoms with Gasteiger partial charge in [0, 0.05) is 11.8 Å². The minimum atomic E-state index is -4.58. The van der Waals surface area contributed by atoms with Gasteiger partial charge in [-0.2, -0.15) is 18.3 Å². The van der Waals surface area contributed by atoms with Crippen LogP contribution in [0.15, 0.2) is 48.7 Å². The molecule has 13 heteroatoms. The standard InChI is InChI=1S/C23H17F5N4O3S/c1-2-8-36(34,35)32-17-7-6-16(24)18(19(17)25)21(33)20-15-10-13(11-29-22(15)31-30-20)12-4-3-5-14(9-12)23(26,27)28/h3-7,9-11,32H,2,8H2,1H3,(H,29,30,31). The quantitative estimate of drug-likeness (QED) is 0.252. The SMILES string of the molecule is CCCS(=O)(=O)Nc1ccc(F)c(C(=O)c2n[nH]c3ncc(-c4cccc(C(F)(F)F)c4)cc23)c1F. The molecule has 0 spiro atoms. The zero-order valence-electron chi connectivity index (χ0n) is 18.5. The summed E-state index contributed by atoms with van der Waals surface area (Å²) in [6.45, 7) is 1.60. The lowest BCUT2D eigenvalue weighted by Gasteiger charge is -2.11. The van der Waals surface area contributed by atoms with Gasteiger partial charge in [0.2, 0.25) is 15.8 Å². The fraction of sp³-hybridized carbons (Fsp3) is 0.174. The van der Waals surface area contributed by atoms with E-state index in [0.717, 1.165) is 24.3 Å². The van der Waals surface area contributed by atoms with Crippen molar-refractivity contribution in [2.45, 2.75) is 19.5 Å². The first-order valence-electron chi connectivity index (χ1n) is 10.5. The first-order chi connectivity index (χ1) is 16.9. The van der Waals surface area contributed by atoms with Gasteiger partial charge in [0.25, 0.3) is 0 Å². The summed E-state index contributed by atoms with van der Waals surface area (Å²) in [5.74, 6) is -4.22. The molecule has 0 saturated carbocycles. The number of benzene rings is 2. The van der Waals surface area contributed by atoms with Gasteiger partial charge in [0.05, 0.1) is 28.0 Å². The highest BCUT2D eigenvalue weighted by Gasteiger charge is 2.31. The van der Waals surface area contributed by atoms with Crippen LogP contribution in [0.1, 0.15) is 35.0 Å². The Morgan fingerprint density at radius 3 is 2.53 bits per heavy atom. The number of aromatic amines is 1. The molecule has 7 nitrogen and oxygen atoms in total. The molecule has 0 bridgehead atoms. The molecule has 0 aliphatic rings. The Balaban J connectivity index is 1.78. The van der Waals surface area contributed by atoms with E-state index in [2.05, 4.69) is 15.2 Å². The number of nitrogens with one attached hydrogen (secondary N) is 2. The van der Waals surface area contributed by atoms with Gasteiger partial charge >= 0.3 is 6.18 Å². The third-order valence-electron chi connectivity index (χ3n) is 5.21. The Kier molecular flexibility index (Phi) is 6.52. The van der Waals surface area contributed by atoms with Crippen molar-refractivity contribution < 1.29 is 35.2 Å². The van der Waals surface area contributed by atoms with Crippen LogP contribution < -0.4 is 4.72 Å². The summed E-state index contributed by atoms with van der Waals surface area (Å²) in [4.78, 5) is 17.2. The van der Waals surface area contributed by atoms with Gasteiger partial charge in [-0.1, -0.05) is 19.1 Å². The summed E-state index contributed by atoms with van der Waals surface area (Å²) in [6, 6.07) is 7.32. The van der Waals surface area contributed by atoms with E-state index in [4.69, 9.17) is 0 Å². The van der Waals surface area contributed by atoms with Crippen LogP contribution in [0.25, 0.3) is 22.2 Å². The van der Waals surface area contributed by atoms with Crippen molar-refractivity contribution >= 4 is 32.5 Å². The number of nitrogens with zero attached hydrogens (tertiary/aromatic N) is 2. The minimum absolute atomic E-state index is 0.00526. The number of hydrogen-bond donors (Lipinski definition) is 2. The van der Waals surface area contributed by atoms with E-state index < -0.39 is 56.1 Å². The lowest BCUT2D eigenvalue weighted by atomic mass is 10.0. The summed E-state index contributed by atoms with van der Waals surface area (Å²) >= 11 is 0. The number of aromatic nitrogens is 3. The minimum Gasteiger partial charge on any atom is -0.287 e. The highest BCUT2D eigenvalue weighted by atomic mass is 32.2. The zero-order valence-corrected chi connectivity index (χ0v) is 19.3. The highest BCUT2D eigenvalue weighted by Crippen LogP contribution is 2.33. The van der Waals surface area contributed by atoms with Crippen molar-refractivity contribution in [2.75, 3.05) is 10.5 Å². The molecule has 0 unspecified atom stereocenters. The van der Waals surface area contributed by atoms with E-state index in [9.17, 15) is 30.8 Å². The Labute approximate surface area is 201 Å². The fourth-order valence-electron chi connectivity index (χ4n) is 3.55. The molecule has 2 aromatic heterocycles. The number of fused-ring (bicyclic) bond motifs is 1. The second-order valence-electron chi connectivity index (χ2n) is 7.80. The second-order valence-corrected chi connectivity index (χ2v) is 9.65. The molecule has 4 aromatic rings. The number of sulfonamides is 1. The predicted molar refractivity (Wildman–Crippen MR) is 122 cm³/mol. The highest BCUT2D eigenvalue weighted by molar-refractivity contribution is 7.92.